The van der Waals surface area contributed by atoms with Gasteiger partial charge < -0.3 is 9.84 Å². The third kappa shape index (κ3) is 3.52. The average Bonchev–Trinajstić information content (AvgIpc) is 2.62. The number of carboxylic acid groups (broad SMARTS) is 1. The smallest absolute Gasteiger partial charge is 0.341 e. The number of carbonyl (C=O) groups is 1. The first-order chi connectivity index (χ1) is 11.6. The van der Waals surface area contributed by atoms with Gasteiger partial charge in [0.2, 0.25) is 0 Å². The maximum atomic E-state index is 10.7. The number of benzene rings is 2. The van der Waals surface area contributed by atoms with Gasteiger partial charge in [0.1, 0.15) is 5.69 Å². The Morgan fingerprint density at radius 3 is 1.92 bits per heavy atom. The summed E-state index contributed by atoms with van der Waals surface area (Å²) in [6, 6.07) is 19.0. The van der Waals surface area contributed by atoms with Gasteiger partial charge in [0, 0.05) is 11.1 Å². The molecule has 0 aliphatic carbocycles. The Kier molecular flexibility index (Phi) is 4.72. The molecule has 1 heterocycles. The van der Waals surface area contributed by atoms with Crippen LogP contribution in [0.5, 0.6) is 5.88 Å². The molecule has 3 rings (SSSR count). The molecule has 0 aliphatic heterocycles. The van der Waals surface area contributed by atoms with Gasteiger partial charge in [-0.2, -0.15) is 0 Å². The summed E-state index contributed by atoms with van der Waals surface area (Å²) < 4.78 is 5.15. The lowest BCUT2D eigenvalue weighted by Crippen LogP contribution is -2.11. The van der Waals surface area contributed by atoms with Crippen LogP contribution in [0, 0.1) is 0 Å². The summed E-state index contributed by atoms with van der Waals surface area (Å²) in [5.74, 6) is -1.11. The number of halogens is 1. The minimum atomic E-state index is -1.11. The first-order valence-electron chi connectivity index (χ1n) is 7.18. The summed E-state index contributed by atoms with van der Waals surface area (Å²) in [5.41, 5.74) is 2.87. The normalized spacial score (nSPS) is 10.4. The van der Waals surface area contributed by atoms with E-state index in [4.69, 9.17) is 21.4 Å². The van der Waals surface area contributed by atoms with Crippen molar-refractivity contribution in [2.24, 2.45) is 0 Å². The van der Waals surface area contributed by atoms with Crippen LogP contribution in [-0.2, 0) is 4.79 Å². The molecule has 0 fully saturated rings. The summed E-state index contributed by atoms with van der Waals surface area (Å²) in [6.07, 6.45) is 0. The number of hydrogen-bond donors (Lipinski definition) is 1. The fourth-order valence-electron chi connectivity index (χ4n) is 2.22. The molecule has 24 heavy (non-hydrogen) atoms. The van der Waals surface area contributed by atoms with Crippen molar-refractivity contribution < 1.29 is 14.6 Å². The Bertz CT molecular complexity index is 855. The van der Waals surface area contributed by atoms with Crippen molar-refractivity contribution in [1.29, 1.82) is 0 Å². The van der Waals surface area contributed by atoms with Crippen LogP contribution in [0.3, 0.4) is 0 Å². The van der Waals surface area contributed by atoms with E-state index in [9.17, 15) is 4.79 Å². The van der Waals surface area contributed by atoms with E-state index >= 15 is 0 Å². The molecule has 6 heteroatoms. The molecule has 0 unspecified atom stereocenters. The van der Waals surface area contributed by atoms with Crippen molar-refractivity contribution in [3.8, 4) is 28.4 Å². The molecule has 2 aromatic carbocycles. The van der Waals surface area contributed by atoms with E-state index in [2.05, 4.69) is 9.97 Å². The van der Waals surface area contributed by atoms with Gasteiger partial charge in [-0.15, -0.1) is 0 Å². The molecule has 5 nitrogen and oxygen atoms in total. The largest absolute Gasteiger partial charge is 0.479 e. The molecule has 0 spiro atoms. The molecule has 0 atom stereocenters. The molecule has 3 aromatic rings. The van der Waals surface area contributed by atoms with Crippen molar-refractivity contribution in [3.63, 3.8) is 0 Å². The van der Waals surface area contributed by atoms with Crippen LogP contribution < -0.4 is 4.74 Å². The number of aliphatic carboxylic acids is 1. The van der Waals surface area contributed by atoms with Crippen LogP contribution >= 0.6 is 11.6 Å². The Morgan fingerprint density at radius 1 is 0.917 bits per heavy atom. The minimum Gasteiger partial charge on any atom is -0.479 e. The first-order valence-corrected chi connectivity index (χ1v) is 7.56. The van der Waals surface area contributed by atoms with Crippen LogP contribution in [0.4, 0.5) is 0 Å². The summed E-state index contributed by atoms with van der Waals surface area (Å²) >= 11 is 6.13. The van der Waals surface area contributed by atoms with E-state index in [1.54, 1.807) is 0 Å². The van der Waals surface area contributed by atoms with Gasteiger partial charge in [0.05, 0.1) is 5.69 Å². The van der Waals surface area contributed by atoms with Crippen molar-refractivity contribution in [2.75, 3.05) is 6.61 Å². The number of carboxylic acids is 1. The summed E-state index contributed by atoms with van der Waals surface area (Å²) in [4.78, 5) is 19.5. The summed E-state index contributed by atoms with van der Waals surface area (Å²) in [6.45, 7) is -0.534. The highest BCUT2D eigenvalue weighted by Gasteiger charge is 2.17. The lowest BCUT2D eigenvalue weighted by molar-refractivity contribution is -0.139. The Hall–Kier alpha value is -2.92. The highest BCUT2D eigenvalue weighted by molar-refractivity contribution is 6.30. The van der Waals surface area contributed by atoms with E-state index < -0.39 is 12.6 Å². The van der Waals surface area contributed by atoms with Crippen molar-refractivity contribution in [2.45, 2.75) is 0 Å². The zero-order chi connectivity index (χ0) is 16.9. The standard InChI is InChI=1S/C18H13ClN2O3/c19-17-18(24-11-14(22)23)21-16(13-9-5-2-6-10-13)15(20-17)12-7-3-1-4-8-12/h1-10H,11H2,(H,22,23). The van der Waals surface area contributed by atoms with Crippen molar-refractivity contribution in [1.82, 2.24) is 9.97 Å². The van der Waals surface area contributed by atoms with Crippen LogP contribution in [0.2, 0.25) is 5.15 Å². The zero-order valence-electron chi connectivity index (χ0n) is 12.5. The Morgan fingerprint density at radius 2 is 1.42 bits per heavy atom. The fourth-order valence-corrected chi connectivity index (χ4v) is 2.40. The van der Waals surface area contributed by atoms with Crippen LogP contribution in [0.1, 0.15) is 0 Å². The van der Waals surface area contributed by atoms with E-state index in [0.29, 0.717) is 11.4 Å². The predicted molar refractivity (Wildman–Crippen MR) is 91.0 cm³/mol. The number of rotatable bonds is 5. The highest BCUT2D eigenvalue weighted by Crippen LogP contribution is 2.33. The van der Waals surface area contributed by atoms with Crippen LogP contribution in [0.25, 0.3) is 22.5 Å². The molecule has 1 aromatic heterocycles. The molecule has 0 amide bonds. The van der Waals surface area contributed by atoms with E-state index in [0.717, 1.165) is 11.1 Å². The summed E-state index contributed by atoms with van der Waals surface area (Å²) in [7, 11) is 0. The Balaban J connectivity index is 2.14. The number of ether oxygens (including phenoxy) is 1. The SMILES string of the molecule is O=C(O)COc1nc(-c2ccccc2)c(-c2ccccc2)nc1Cl. The van der Waals surface area contributed by atoms with E-state index in [1.807, 2.05) is 60.7 Å². The van der Waals surface area contributed by atoms with Gasteiger partial charge in [-0.3, -0.25) is 0 Å². The van der Waals surface area contributed by atoms with Crippen LogP contribution in [0.15, 0.2) is 60.7 Å². The molecule has 1 N–H and O–H groups in total. The highest BCUT2D eigenvalue weighted by atomic mass is 35.5. The Labute approximate surface area is 143 Å². The predicted octanol–water partition coefficient (Wildman–Crippen LogP) is 3.93. The monoisotopic (exact) mass is 340 g/mol. The van der Waals surface area contributed by atoms with Gasteiger partial charge in [-0.05, 0) is 0 Å². The number of hydrogen-bond acceptors (Lipinski definition) is 4. The summed E-state index contributed by atoms with van der Waals surface area (Å²) in [5, 5.41) is 8.79. The second-order valence-electron chi connectivity index (χ2n) is 4.93. The second-order valence-corrected chi connectivity index (χ2v) is 5.29. The maximum absolute atomic E-state index is 10.7. The lowest BCUT2D eigenvalue weighted by Gasteiger charge is -2.12. The fraction of sp³-hybridized carbons (Fsp3) is 0.0556. The van der Waals surface area contributed by atoms with Crippen LogP contribution in [-0.4, -0.2) is 27.7 Å². The van der Waals surface area contributed by atoms with Crippen molar-refractivity contribution >= 4 is 17.6 Å². The third-order valence-electron chi connectivity index (χ3n) is 3.25. The molecule has 0 saturated carbocycles. The molecule has 0 radical (unpaired) electrons. The van der Waals surface area contributed by atoms with E-state index in [1.165, 1.54) is 0 Å². The van der Waals surface area contributed by atoms with Gasteiger partial charge in [0.15, 0.2) is 11.8 Å². The second kappa shape index (κ2) is 7.10. The zero-order valence-corrected chi connectivity index (χ0v) is 13.3. The van der Waals surface area contributed by atoms with Gasteiger partial charge in [-0.1, -0.05) is 72.3 Å². The van der Waals surface area contributed by atoms with Crippen molar-refractivity contribution in [3.05, 3.63) is 65.8 Å². The molecular formula is C18H13ClN2O3. The first kappa shape index (κ1) is 16.0. The number of aromatic nitrogens is 2. The van der Waals surface area contributed by atoms with Gasteiger partial charge in [0.25, 0.3) is 5.88 Å². The quantitative estimate of drug-likeness (QED) is 0.762. The van der Waals surface area contributed by atoms with E-state index in [-0.39, 0.29) is 11.0 Å². The molecule has 0 bridgehead atoms. The number of nitrogens with zero attached hydrogens (tertiary/aromatic N) is 2. The third-order valence-corrected chi connectivity index (χ3v) is 3.50. The molecule has 0 aliphatic rings. The molecule has 120 valence electrons. The topological polar surface area (TPSA) is 72.3 Å². The lowest BCUT2D eigenvalue weighted by atomic mass is 10.0. The minimum absolute atomic E-state index is 0.00222. The average molecular weight is 341 g/mol. The molecular weight excluding hydrogens is 328 g/mol. The molecule has 0 saturated heterocycles. The van der Waals surface area contributed by atoms with Gasteiger partial charge >= 0.3 is 5.97 Å². The maximum Gasteiger partial charge on any atom is 0.341 e. The van der Waals surface area contributed by atoms with Gasteiger partial charge in [-0.25, -0.2) is 14.8 Å².